The van der Waals surface area contributed by atoms with Crippen LogP contribution in [-0.4, -0.2) is 46.1 Å². The molecule has 1 aromatic rings. The first-order chi connectivity index (χ1) is 11.8. The maximum Gasteiger partial charge on any atom is 0.410 e. The van der Waals surface area contributed by atoms with Gasteiger partial charge in [-0.25, -0.2) is 4.79 Å². The van der Waals surface area contributed by atoms with Gasteiger partial charge in [-0.1, -0.05) is 0 Å². The highest BCUT2D eigenvalue weighted by molar-refractivity contribution is 5.69. The van der Waals surface area contributed by atoms with Crippen molar-refractivity contribution in [2.24, 2.45) is 0 Å². The molecule has 1 aromatic carbocycles. The molecule has 140 valence electrons. The van der Waals surface area contributed by atoms with Gasteiger partial charge in [0.05, 0.1) is 6.61 Å². The van der Waals surface area contributed by atoms with Crippen molar-refractivity contribution >= 4 is 6.09 Å². The summed E-state index contributed by atoms with van der Waals surface area (Å²) in [5.41, 5.74) is 0.263. The highest BCUT2D eigenvalue weighted by Crippen LogP contribution is 2.31. The summed E-state index contributed by atoms with van der Waals surface area (Å²) in [6.07, 6.45) is 3.04. The molecule has 6 nitrogen and oxygen atoms in total. The molecule has 0 aliphatic heterocycles. The number of ether oxygens (including phenoxy) is 2. The maximum absolute atomic E-state index is 12.4. The maximum atomic E-state index is 12.4. The average molecular weight is 351 g/mol. The van der Waals surface area contributed by atoms with Crippen LogP contribution < -0.4 is 4.74 Å². The van der Waals surface area contributed by atoms with Crippen molar-refractivity contribution in [2.45, 2.75) is 64.6 Å². The van der Waals surface area contributed by atoms with Crippen molar-refractivity contribution in [3.63, 3.8) is 0 Å². The minimum absolute atomic E-state index is 0.106. The number of unbranched alkanes of at least 4 members (excludes halogenated alkanes) is 1. The topological polar surface area (TPSA) is 79.2 Å². The molecule has 2 rings (SSSR count). The van der Waals surface area contributed by atoms with E-state index in [-0.39, 0.29) is 24.5 Å². The lowest BCUT2D eigenvalue weighted by Gasteiger charge is -2.27. The van der Waals surface area contributed by atoms with E-state index in [1.54, 1.807) is 17.0 Å². The van der Waals surface area contributed by atoms with E-state index in [4.69, 9.17) is 14.6 Å². The first kappa shape index (κ1) is 19.4. The summed E-state index contributed by atoms with van der Waals surface area (Å²) in [5.74, 6) is 0.669. The van der Waals surface area contributed by atoms with E-state index in [0.717, 1.165) is 24.8 Å². The van der Waals surface area contributed by atoms with Crippen LogP contribution in [0.5, 0.6) is 11.5 Å². The third-order valence-electron chi connectivity index (χ3n) is 3.74. The summed E-state index contributed by atoms with van der Waals surface area (Å²) in [5, 5.41) is 18.7. The Morgan fingerprint density at radius 2 is 1.96 bits per heavy atom. The molecule has 1 amide bonds. The third kappa shape index (κ3) is 6.82. The molecule has 25 heavy (non-hydrogen) atoms. The number of phenols is 1. The fraction of sp³-hybridized carbons (Fsp3) is 0.632. The zero-order valence-electron chi connectivity index (χ0n) is 15.3. The van der Waals surface area contributed by atoms with Crippen LogP contribution in [0.15, 0.2) is 18.2 Å². The summed E-state index contributed by atoms with van der Waals surface area (Å²) in [4.78, 5) is 14.2. The Morgan fingerprint density at radius 1 is 1.24 bits per heavy atom. The number of nitrogens with zero attached hydrogens (tertiary/aromatic N) is 1. The van der Waals surface area contributed by atoms with Crippen LogP contribution in [0, 0.1) is 0 Å². The normalized spacial score (nSPS) is 14.2. The number of aliphatic hydroxyl groups is 1. The third-order valence-corrected chi connectivity index (χ3v) is 3.74. The Labute approximate surface area is 149 Å². The number of hydrogen-bond acceptors (Lipinski definition) is 5. The Morgan fingerprint density at radius 3 is 2.56 bits per heavy atom. The number of aromatic hydroxyl groups is 1. The van der Waals surface area contributed by atoms with Crippen molar-refractivity contribution in [1.29, 1.82) is 0 Å². The van der Waals surface area contributed by atoms with Crippen LogP contribution in [0.1, 0.15) is 52.0 Å². The number of carbonyl (C=O) groups is 1. The van der Waals surface area contributed by atoms with E-state index in [9.17, 15) is 9.90 Å². The van der Waals surface area contributed by atoms with Gasteiger partial charge in [0, 0.05) is 25.3 Å². The lowest BCUT2D eigenvalue weighted by Crippen LogP contribution is -2.37. The first-order valence-corrected chi connectivity index (χ1v) is 8.85. The second-order valence-corrected chi connectivity index (χ2v) is 7.45. The second-order valence-electron chi connectivity index (χ2n) is 7.45. The number of hydrogen-bond donors (Lipinski definition) is 2. The summed E-state index contributed by atoms with van der Waals surface area (Å²) in [6, 6.07) is 5.22. The van der Waals surface area contributed by atoms with Gasteiger partial charge in [-0.05, 0) is 64.2 Å². The molecule has 0 bridgehead atoms. The molecule has 1 fully saturated rings. The van der Waals surface area contributed by atoms with Gasteiger partial charge in [0.2, 0.25) is 0 Å². The fourth-order valence-electron chi connectivity index (χ4n) is 2.47. The molecule has 1 aliphatic rings. The molecule has 6 heteroatoms. The minimum Gasteiger partial charge on any atom is -0.508 e. The summed E-state index contributed by atoms with van der Waals surface area (Å²) in [7, 11) is 0. The van der Waals surface area contributed by atoms with Crippen LogP contribution in [-0.2, 0) is 11.3 Å². The molecule has 0 atom stereocenters. The zero-order valence-corrected chi connectivity index (χ0v) is 15.3. The van der Waals surface area contributed by atoms with Gasteiger partial charge in [0.1, 0.15) is 17.1 Å². The largest absolute Gasteiger partial charge is 0.508 e. The van der Waals surface area contributed by atoms with Crippen molar-refractivity contribution in [3.05, 3.63) is 23.8 Å². The van der Waals surface area contributed by atoms with Crippen LogP contribution in [0.4, 0.5) is 4.79 Å². The standard InChI is InChI=1S/C19H29NO5/c1-19(2,3)25-18(23)20(15-6-7-15)13-14-10-16(22)12-17(11-14)24-9-5-4-8-21/h10-12,15,21-22H,4-9,13H2,1-3H3. The number of aliphatic hydroxyl groups excluding tert-OH is 1. The van der Waals surface area contributed by atoms with E-state index in [0.29, 0.717) is 25.3 Å². The number of phenolic OH excluding ortho intramolecular Hbond substituents is 1. The summed E-state index contributed by atoms with van der Waals surface area (Å²) in [6.45, 7) is 6.54. The zero-order chi connectivity index (χ0) is 18.4. The van der Waals surface area contributed by atoms with Crippen LogP contribution in [0.2, 0.25) is 0 Å². The number of benzene rings is 1. The van der Waals surface area contributed by atoms with Gasteiger partial charge in [-0.2, -0.15) is 0 Å². The van der Waals surface area contributed by atoms with Gasteiger partial charge < -0.3 is 24.6 Å². The number of carbonyl (C=O) groups excluding carboxylic acids is 1. The van der Waals surface area contributed by atoms with E-state index < -0.39 is 5.60 Å². The highest BCUT2D eigenvalue weighted by atomic mass is 16.6. The van der Waals surface area contributed by atoms with E-state index >= 15 is 0 Å². The molecule has 0 aromatic heterocycles. The lowest BCUT2D eigenvalue weighted by molar-refractivity contribution is 0.0216. The molecular formula is C19H29NO5. The number of rotatable bonds is 8. The predicted molar refractivity (Wildman–Crippen MR) is 94.7 cm³/mol. The van der Waals surface area contributed by atoms with Crippen molar-refractivity contribution in [2.75, 3.05) is 13.2 Å². The van der Waals surface area contributed by atoms with Gasteiger partial charge in [0.15, 0.2) is 0 Å². The van der Waals surface area contributed by atoms with E-state index in [1.165, 1.54) is 0 Å². The SMILES string of the molecule is CC(C)(C)OC(=O)N(Cc1cc(O)cc(OCCCCO)c1)C1CC1. The highest BCUT2D eigenvalue weighted by Gasteiger charge is 2.35. The van der Waals surface area contributed by atoms with E-state index in [1.807, 2.05) is 26.8 Å². The average Bonchev–Trinajstić information content (AvgIpc) is 3.31. The minimum atomic E-state index is -0.538. The van der Waals surface area contributed by atoms with Crippen LogP contribution >= 0.6 is 0 Å². The molecular weight excluding hydrogens is 322 g/mol. The number of amides is 1. The molecule has 0 unspecified atom stereocenters. The smallest absolute Gasteiger partial charge is 0.410 e. The molecule has 0 saturated heterocycles. The fourth-order valence-corrected chi connectivity index (χ4v) is 2.47. The van der Waals surface area contributed by atoms with E-state index in [2.05, 4.69) is 0 Å². The Bertz CT molecular complexity index is 578. The molecule has 2 N–H and O–H groups in total. The Hall–Kier alpha value is -1.95. The summed E-state index contributed by atoms with van der Waals surface area (Å²) >= 11 is 0. The van der Waals surface area contributed by atoms with Gasteiger partial charge in [0.25, 0.3) is 0 Å². The van der Waals surface area contributed by atoms with Crippen LogP contribution in [0.3, 0.4) is 0 Å². The van der Waals surface area contributed by atoms with Crippen molar-refractivity contribution in [1.82, 2.24) is 4.90 Å². The molecule has 0 radical (unpaired) electrons. The first-order valence-electron chi connectivity index (χ1n) is 8.85. The Balaban J connectivity index is 2.03. The lowest BCUT2D eigenvalue weighted by atomic mass is 10.2. The molecule has 1 saturated carbocycles. The van der Waals surface area contributed by atoms with Gasteiger partial charge in [-0.3, -0.25) is 0 Å². The second kappa shape index (κ2) is 8.43. The molecule has 1 aliphatic carbocycles. The van der Waals surface area contributed by atoms with Gasteiger partial charge in [-0.15, -0.1) is 0 Å². The predicted octanol–water partition coefficient (Wildman–Crippen LogP) is 3.44. The summed E-state index contributed by atoms with van der Waals surface area (Å²) < 4.78 is 11.1. The Kier molecular flexibility index (Phi) is 6.53. The quantitative estimate of drug-likeness (QED) is 0.701. The van der Waals surface area contributed by atoms with Crippen molar-refractivity contribution < 1.29 is 24.5 Å². The van der Waals surface area contributed by atoms with Gasteiger partial charge >= 0.3 is 6.09 Å². The molecule has 0 heterocycles. The van der Waals surface area contributed by atoms with Crippen molar-refractivity contribution in [3.8, 4) is 11.5 Å². The molecule has 0 spiro atoms. The van der Waals surface area contributed by atoms with Crippen LogP contribution in [0.25, 0.3) is 0 Å². The monoisotopic (exact) mass is 351 g/mol.